The Kier molecular flexibility index (Phi) is 4.39. The molecule has 0 saturated carbocycles. The Hall–Kier alpha value is -0.0700. The maximum atomic E-state index is 11.6. The van der Waals surface area contributed by atoms with Gasteiger partial charge in [-0.15, -0.1) is 0 Å². The minimum absolute atomic E-state index is 0.000874. The summed E-state index contributed by atoms with van der Waals surface area (Å²) < 4.78 is 25.1. The van der Waals surface area contributed by atoms with Crippen molar-refractivity contribution in [1.29, 1.82) is 0 Å². The van der Waals surface area contributed by atoms with Gasteiger partial charge in [-0.3, -0.25) is 0 Å². The number of hydrogen-bond acceptors (Lipinski definition) is 3. The molecule has 2 rings (SSSR count). The Morgan fingerprint density at radius 2 is 1.89 bits per heavy atom. The summed E-state index contributed by atoms with van der Waals surface area (Å²) in [6.07, 6.45) is 1.63. The smallest absolute Gasteiger partial charge is 0.152 e. The van der Waals surface area contributed by atoms with E-state index in [1.807, 2.05) is 19.1 Å². The van der Waals surface area contributed by atoms with E-state index >= 15 is 0 Å². The van der Waals surface area contributed by atoms with Crippen molar-refractivity contribution in [3.05, 3.63) is 26.6 Å². The third kappa shape index (κ3) is 3.48. The summed E-state index contributed by atoms with van der Waals surface area (Å²) in [4.78, 5) is 0. The number of sulfone groups is 1. The zero-order valence-electron chi connectivity index (χ0n) is 10.0. The maximum absolute atomic E-state index is 11.6. The molecule has 1 atom stereocenters. The number of hydrogen-bond donors (Lipinski definition) is 1. The summed E-state index contributed by atoms with van der Waals surface area (Å²) in [5, 5.41) is 3.33. The summed E-state index contributed by atoms with van der Waals surface area (Å²) in [5.41, 5.74) is 2.08. The van der Waals surface area contributed by atoms with E-state index in [9.17, 15) is 8.42 Å². The van der Waals surface area contributed by atoms with Crippen LogP contribution in [0.1, 0.15) is 18.4 Å². The highest BCUT2D eigenvalue weighted by Crippen LogP contribution is 2.33. The highest BCUT2D eigenvalue weighted by atomic mass is 79.9. The van der Waals surface area contributed by atoms with E-state index in [1.165, 1.54) is 0 Å². The lowest BCUT2D eigenvalue weighted by Gasteiger charge is -2.25. The molecule has 0 aromatic heterocycles. The number of aryl methyl sites for hydroxylation is 1. The monoisotopic (exact) mass is 395 g/mol. The standard InChI is InChI=1S/C12H15Br2NO2S/c1-8-5-10(13)12(11(14)6-8)15-9-3-2-4-18(16,17)7-9/h5-6,9,15H,2-4,7H2,1H3. The molecule has 18 heavy (non-hydrogen) atoms. The second-order valence-electron chi connectivity index (χ2n) is 4.70. The number of halogens is 2. The SMILES string of the molecule is Cc1cc(Br)c(NC2CCCS(=O)(=O)C2)c(Br)c1. The lowest BCUT2D eigenvalue weighted by molar-refractivity contribution is 0.562. The summed E-state index contributed by atoms with van der Waals surface area (Å²) in [7, 11) is -2.88. The Balaban J connectivity index is 2.19. The molecule has 1 unspecified atom stereocenters. The van der Waals surface area contributed by atoms with Crippen LogP contribution in [-0.2, 0) is 9.84 Å². The van der Waals surface area contributed by atoms with E-state index in [1.54, 1.807) is 0 Å². The van der Waals surface area contributed by atoms with Crippen molar-refractivity contribution in [2.45, 2.75) is 25.8 Å². The highest BCUT2D eigenvalue weighted by Gasteiger charge is 2.25. The molecule has 0 aliphatic carbocycles. The van der Waals surface area contributed by atoms with Gasteiger partial charge in [0.05, 0.1) is 17.2 Å². The second-order valence-corrected chi connectivity index (χ2v) is 8.64. The van der Waals surface area contributed by atoms with Gasteiger partial charge < -0.3 is 5.32 Å². The molecular weight excluding hydrogens is 382 g/mol. The molecule has 3 nitrogen and oxygen atoms in total. The molecule has 1 fully saturated rings. The quantitative estimate of drug-likeness (QED) is 0.831. The van der Waals surface area contributed by atoms with Crippen LogP contribution in [0.25, 0.3) is 0 Å². The fourth-order valence-electron chi connectivity index (χ4n) is 2.18. The van der Waals surface area contributed by atoms with Gasteiger partial charge in [0.2, 0.25) is 0 Å². The van der Waals surface area contributed by atoms with E-state index in [-0.39, 0.29) is 11.8 Å². The minimum Gasteiger partial charge on any atom is -0.379 e. The van der Waals surface area contributed by atoms with Crippen LogP contribution in [0.5, 0.6) is 0 Å². The first-order valence-corrected chi connectivity index (χ1v) is 9.21. The molecule has 0 spiro atoms. The van der Waals surface area contributed by atoms with Crippen LogP contribution in [0, 0.1) is 6.92 Å². The Bertz CT molecular complexity index is 534. The zero-order valence-corrected chi connectivity index (χ0v) is 14.0. The fourth-order valence-corrected chi connectivity index (χ4v) is 5.46. The van der Waals surface area contributed by atoms with Crippen molar-refractivity contribution < 1.29 is 8.42 Å². The maximum Gasteiger partial charge on any atom is 0.152 e. The first-order valence-electron chi connectivity index (χ1n) is 5.80. The van der Waals surface area contributed by atoms with E-state index in [4.69, 9.17) is 0 Å². The van der Waals surface area contributed by atoms with Crippen molar-refractivity contribution in [1.82, 2.24) is 0 Å². The largest absolute Gasteiger partial charge is 0.379 e. The van der Waals surface area contributed by atoms with Gasteiger partial charge >= 0.3 is 0 Å². The minimum atomic E-state index is -2.88. The van der Waals surface area contributed by atoms with E-state index in [2.05, 4.69) is 37.2 Å². The third-order valence-corrected chi connectivity index (χ3v) is 6.07. The van der Waals surface area contributed by atoms with Gasteiger partial charge in [-0.2, -0.15) is 0 Å². The van der Waals surface area contributed by atoms with Gasteiger partial charge in [0.25, 0.3) is 0 Å². The van der Waals surface area contributed by atoms with Crippen LogP contribution in [0.2, 0.25) is 0 Å². The van der Waals surface area contributed by atoms with Gasteiger partial charge in [0.15, 0.2) is 9.84 Å². The average molecular weight is 397 g/mol. The Morgan fingerprint density at radius 1 is 1.28 bits per heavy atom. The van der Waals surface area contributed by atoms with Gasteiger partial charge in [0, 0.05) is 15.0 Å². The molecule has 1 aliphatic heterocycles. The lowest BCUT2D eigenvalue weighted by atomic mass is 10.1. The van der Waals surface area contributed by atoms with Gasteiger partial charge in [-0.1, -0.05) is 0 Å². The van der Waals surface area contributed by atoms with Crippen molar-refractivity contribution >= 4 is 47.4 Å². The van der Waals surface area contributed by atoms with Crippen molar-refractivity contribution in [2.24, 2.45) is 0 Å². The lowest BCUT2D eigenvalue weighted by Crippen LogP contribution is -2.35. The number of benzene rings is 1. The number of nitrogens with one attached hydrogen (secondary N) is 1. The van der Waals surface area contributed by atoms with Crippen LogP contribution in [0.3, 0.4) is 0 Å². The molecule has 0 bridgehead atoms. The van der Waals surface area contributed by atoms with Gasteiger partial charge in [-0.05, 0) is 69.3 Å². The topological polar surface area (TPSA) is 46.2 Å². The van der Waals surface area contributed by atoms with Crippen LogP contribution >= 0.6 is 31.9 Å². The molecule has 1 aromatic rings. The zero-order chi connectivity index (χ0) is 13.3. The van der Waals surface area contributed by atoms with Crippen LogP contribution in [-0.4, -0.2) is 26.0 Å². The number of rotatable bonds is 2. The van der Waals surface area contributed by atoms with E-state index in [0.717, 1.165) is 33.0 Å². The van der Waals surface area contributed by atoms with E-state index in [0.29, 0.717) is 5.75 Å². The van der Waals surface area contributed by atoms with Crippen molar-refractivity contribution in [2.75, 3.05) is 16.8 Å². The predicted molar refractivity (Wildman–Crippen MR) is 81.9 cm³/mol. The molecule has 6 heteroatoms. The first-order chi connectivity index (χ1) is 8.37. The molecule has 1 heterocycles. The van der Waals surface area contributed by atoms with Crippen molar-refractivity contribution in [3.63, 3.8) is 0 Å². The predicted octanol–water partition coefficient (Wildman–Crippen LogP) is 3.51. The first kappa shape index (κ1) is 14.3. The molecule has 1 aliphatic rings. The summed E-state index contributed by atoms with van der Waals surface area (Å²) in [6.45, 7) is 2.02. The second kappa shape index (κ2) is 5.51. The highest BCUT2D eigenvalue weighted by molar-refractivity contribution is 9.11. The average Bonchev–Trinajstić information content (AvgIpc) is 2.22. The molecule has 0 amide bonds. The molecular formula is C12H15Br2NO2S. The summed E-state index contributed by atoms with van der Waals surface area (Å²) in [5.74, 6) is 0.543. The van der Waals surface area contributed by atoms with E-state index < -0.39 is 9.84 Å². The van der Waals surface area contributed by atoms with Gasteiger partial charge in [0.1, 0.15) is 0 Å². The van der Waals surface area contributed by atoms with Gasteiger partial charge in [-0.25, -0.2) is 8.42 Å². The number of anilines is 1. The van der Waals surface area contributed by atoms with Crippen LogP contribution < -0.4 is 5.32 Å². The fraction of sp³-hybridized carbons (Fsp3) is 0.500. The van der Waals surface area contributed by atoms with Crippen molar-refractivity contribution in [3.8, 4) is 0 Å². The summed E-state index contributed by atoms with van der Waals surface area (Å²) in [6, 6.07) is 4.04. The molecule has 0 radical (unpaired) electrons. The molecule has 1 saturated heterocycles. The Labute approximate surface area is 125 Å². The van der Waals surface area contributed by atoms with Crippen LogP contribution in [0.4, 0.5) is 5.69 Å². The molecule has 100 valence electrons. The van der Waals surface area contributed by atoms with Crippen LogP contribution in [0.15, 0.2) is 21.1 Å². The molecule has 1 aromatic carbocycles. The molecule has 1 N–H and O–H groups in total. The Morgan fingerprint density at radius 3 is 2.44 bits per heavy atom. The normalized spacial score (nSPS) is 22.7. The summed E-state index contributed by atoms with van der Waals surface area (Å²) >= 11 is 7.02. The third-order valence-electron chi connectivity index (χ3n) is 3.00.